The van der Waals surface area contributed by atoms with Crippen LogP contribution < -0.4 is 4.74 Å². The molecule has 1 nitrogen and oxygen atoms in total. The predicted octanol–water partition coefficient (Wildman–Crippen LogP) is 5.14. The number of benzene rings is 2. The summed E-state index contributed by atoms with van der Waals surface area (Å²) in [6.07, 6.45) is 1.97. The summed E-state index contributed by atoms with van der Waals surface area (Å²) in [4.78, 5) is 0. The second-order valence-corrected chi connectivity index (χ2v) is 4.98. The van der Waals surface area contributed by atoms with Crippen LogP contribution in [0, 0.1) is 0 Å². The van der Waals surface area contributed by atoms with Gasteiger partial charge in [0.1, 0.15) is 5.75 Å². The van der Waals surface area contributed by atoms with Crippen molar-refractivity contribution in [3.63, 3.8) is 0 Å². The summed E-state index contributed by atoms with van der Waals surface area (Å²) in [5.41, 5.74) is 4.92. The van der Waals surface area contributed by atoms with Gasteiger partial charge >= 0.3 is 0 Å². The first kappa shape index (κ1) is 14.0. The van der Waals surface area contributed by atoms with Crippen LogP contribution in [0.25, 0.3) is 11.1 Å². The third-order valence-electron chi connectivity index (χ3n) is 3.41. The van der Waals surface area contributed by atoms with Crippen molar-refractivity contribution in [2.24, 2.45) is 0 Å². The molecule has 0 aromatic heterocycles. The van der Waals surface area contributed by atoms with E-state index in [1.54, 1.807) is 7.11 Å². The van der Waals surface area contributed by atoms with Crippen molar-refractivity contribution in [2.75, 3.05) is 7.11 Å². The molecule has 0 spiro atoms. The van der Waals surface area contributed by atoms with Crippen molar-refractivity contribution in [2.45, 2.75) is 26.7 Å². The van der Waals surface area contributed by atoms with Crippen LogP contribution in [0.1, 0.15) is 25.0 Å². The lowest BCUT2D eigenvalue weighted by molar-refractivity contribution is 0.416. The Kier molecular flexibility index (Phi) is 4.49. The smallest absolute Gasteiger partial charge is 0.126 e. The molecule has 2 heteroatoms. The van der Waals surface area contributed by atoms with Crippen LogP contribution in [0.15, 0.2) is 36.4 Å². The average molecular weight is 275 g/mol. The van der Waals surface area contributed by atoms with Crippen LogP contribution in [0.4, 0.5) is 0 Å². The molecule has 19 heavy (non-hydrogen) atoms. The fourth-order valence-electron chi connectivity index (χ4n) is 2.30. The molecular formula is C17H19ClO. The number of halogens is 1. The maximum atomic E-state index is 6.08. The Hall–Kier alpha value is -1.47. The van der Waals surface area contributed by atoms with Crippen LogP contribution in [0.2, 0.25) is 5.02 Å². The maximum Gasteiger partial charge on any atom is 0.126 e. The molecule has 0 saturated carbocycles. The number of aryl methyl sites for hydroxylation is 2. The summed E-state index contributed by atoms with van der Waals surface area (Å²) in [7, 11) is 1.71. The zero-order valence-corrected chi connectivity index (χ0v) is 12.4. The Morgan fingerprint density at radius 1 is 0.947 bits per heavy atom. The highest BCUT2D eigenvalue weighted by Crippen LogP contribution is 2.34. The molecule has 0 heterocycles. The van der Waals surface area contributed by atoms with Crippen LogP contribution in [-0.4, -0.2) is 7.11 Å². The third-order valence-corrected chi connectivity index (χ3v) is 3.65. The van der Waals surface area contributed by atoms with E-state index in [0.29, 0.717) is 0 Å². The van der Waals surface area contributed by atoms with E-state index in [4.69, 9.17) is 16.3 Å². The molecule has 2 aromatic carbocycles. The molecule has 0 aliphatic heterocycles. The van der Waals surface area contributed by atoms with Gasteiger partial charge in [-0.1, -0.05) is 37.6 Å². The second kappa shape index (κ2) is 6.12. The van der Waals surface area contributed by atoms with E-state index in [1.165, 1.54) is 16.7 Å². The Morgan fingerprint density at radius 3 is 2.37 bits per heavy atom. The van der Waals surface area contributed by atoms with Crippen LogP contribution >= 0.6 is 11.6 Å². The molecule has 0 fully saturated rings. The summed E-state index contributed by atoms with van der Waals surface area (Å²) < 4.78 is 5.50. The zero-order chi connectivity index (χ0) is 13.8. The Bertz CT molecular complexity index is 575. The Labute approximate surface area is 120 Å². The molecule has 0 amide bonds. The van der Waals surface area contributed by atoms with Crippen molar-refractivity contribution < 1.29 is 4.74 Å². The van der Waals surface area contributed by atoms with Gasteiger partial charge in [-0.15, -0.1) is 0 Å². The SMILES string of the molecule is CCc1ccc(OC)c(-c2ccc(Cl)cc2CC)c1. The molecule has 100 valence electrons. The standard InChI is InChI=1S/C17H19ClO/c1-4-12-6-9-17(19-3)16(10-12)15-8-7-14(18)11-13(15)5-2/h6-11H,4-5H2,1-3H3. The number of methoxy groups -OCH3 is 1. The van der Waals surface area contributed by atoms with Crippen molar-refractivity contribution in [3.05, 3.63) is 52.5 Å². The number of ether oxygens (including phenoxy) is 1. The van der Waals surface area contributed by atoms with Gasteiger partial charge in [-0.25, -0.2) is 0 Å². The summed E-state index contributed by atoms with van der Waals surface area (Å²) in [5, 5.41) is 0.784. The molecule has 0 unspecified atom stereocenters. The quantitative estimate of drug-likeness (QED) is 0.750. The molecule has 0 N–H and O–H groups in total. The van der Waals surface area contributed by atoms with Gasteiger partial charge in [-0.3, -0.25) is 0 Å². The number of rotatable bonds is 4. The summed E-state index contributed by atoms with van der Waals surface area (Å²) >= 11 is 6.08. The first-order chi connectivity index (χ1) is 9.19. The molecule has 0 saturated heterocycles. The topological polar surface area (TPSA) is 9.23 Å². The van der Waals surface area contributed by atoms with E-state index in [0.717, 1.165) is 29.2 Å². The van der Waals surface area contributed by atoms with E-state index < -0.39 is 0 Å². The van der Waals surface area contributed by atoms with Gasteiger partial charge in [0.15, 0.2) is 0 Å². The van der Waals surface area contributed by atoms with E-state index >= 15 is 0 Å². The van der Waals surface area contributed by atoms with Gasteiger partial charge in [0.05, 0.1) is 7.11 Å². The van der Waals surface area contributed by atoms with Gasteiger partial charge in [-0.2, -0.15) is 0 Å². The lowest BCUT2D eigenvalue weighted by Crippen LogP contribution is -1.94. The van der Waals surface area contributed by atoms with Crippen LogP contribution in [0.3, 0.4) is 0 Å². The number of hydrogen-bond acceptors (Lipinski definition) is 1. The van der Waals surface area contributed by atoms with E-state index in [2.05, 4.69) is 32.0 Å². The van der Waals surface area contributed by atoms with Gasteiger partial charge in [0.25, 0.3) is 0 Å². The van der Waals surface area contributed by atoms with Crippen LogP contribution in [-0.2, 0) is 12.8 Å². The minimum absolute atomic E-state index is 0.784. The van der Waals surface area contributed by atoms with Crippen molar-refractivity contribution in [3.8, 4) is 16.9 Å². The maximum absolute atomic E-state index is 6.08. The summed E-state index contributed by atoms with van der Waals surface area (Å²) in [6.45, 7) is 4.31. The van der Waals surface area contributed by atoms with Gasteiger partial charge < -0.3 is 4.74 Å². The Morgan fingerprint density at radius 2 is 1.74 bits per heavy atom. The third kappa shape index (κ3) is 2.93. The lowest BCUT2D eigenvalue weighted by atomic mass is 9.95. The van der Waals surface area contributed by atoms with Crippen molar-refractivity contribution in [1.82, 2.24) is 0 Å². The average Bonchev–Trinajstić information content (AvgIpc) is 2.46. The monoisotopic (exact) mass is 274 g/mol. The summed E-state index contributed by atoms with van der Waals surface area (Å²) in [5.74, 6) is 0.911. The van der Waals surface area contributed by atoms with E-state index in [-0.39, 0.29) is 0 Å². The van der Waals surface area contributed by atoms with Gasteiger partial charge in [0, 0.05) is 10.6 Å². The fraction of sp³-hybridized carbons (Fsp3) is 0.294. The highest BCUT2D eigenvalue weighted by atomic mass is 35.5. The molecule has 0 bridgehead atoms. The lowest BCUT2D eigenvalue weighted by Gasteiger charge is -2.14. The first-order valence-electron chi connectivity index (χ1n) is 6.65. The second-order valence-electron chi connectivity index (χ2n) is 4.54. The molecule has 0 aliphatic rings. The summed E-state index contributed by atoms with van der Waals surface area (Å²) in [6, 6.07) is 12.4. The van der Waals surface area contributed by atoms with E-state index in [9.17, 15) is 0 Å². The highest BCUT2D eigenvalue weighted by Gasteiger charge is 2.10. The molecule has 0 radical (unpaired) electrons. The fourth-order valence-corrected chi connectivity index (χ4v) is 2.50. The first-order valence-corrected chi connectivity index (χ1v) is 7.03. The molecule has 0 aliphatic carbocycles. The molecule has 2 rings (SSSR count). The van der Waals surface area contributed by atoms with Crippen LogP contribution in [0.5, 0.6) is 5.75 Å². The molecular weight excluding hydrogens is 256 g/mol. The van der Waals surface area contributed by atoms with Crippen molar-refractivity contribution in [1.29, 1.82) is 0 Å². The van der Waals surface area contributed by atoms with Crippen molar-refractivity contribution >= 4 is 11.6 Å². The van der Waals surface area contributed by atoms with Gasteiger partial charge in [0.2, 0.25) is 0 Å². The zero-order valence-electron chi connectivity index (χ0n) is 11.7. The largest absolute Gasteiger partial charge is 0.496 e. The number of hydrogen-bond donors (Lipinski definition) is 0. The highest BCUT2D eigenvalue weighted by molar-refractivity contribution is 6.30. The minimum atomic E-state index is 0.784. The van der Waals surface area contributed by atoms with E-state index in [1.807, 2.05) is 18.2 Å². The molecule has 0 atom stereocenters. The normalized spacial score (nSPS) is 10.5. The predicted molar refractivity (Wildman–Crippen MR) is 82.2 cm³/mol. The molecule has 2 aromatic rings. The minimum Gasteiger partial charge on any atom is -0.496 e. The Balaban J connectivity index is 2.62. The van der Waals surface area contributed by atoms with Gasteiger partial charge in [-0.05, 0) is 53.8 Å².